The van der Waals surface area contributed by atoms with Crippen molar-refractivity contribution in [1.29, 1.82) is 5.26 Å². The minimum atomic E-state index is -3.59. The van der Waals surface area contributed by atoms with Crippen molar-refractivity contribution >= 4 is 25.8 Å². The number of nitrogens with zero attached hydrogens (tertiary/aromatic N) is 1. The van der Waals surface area contributed by atoms with Gasteiger partial charge in [-0.2, -0.15) is 5.26 Å². The first-order chi connectivity index (χ1) is 8.03. The normalized spacial score (nSPS) is 18.8. The molecule has 1 aliphatic carbocycles. The predicted octanol–water partition coefficient (Wildman–Crippen LogP) is 3.06. The number of halogens is 1. The SMILES string of the molecule is N#CC1(S(=O)(=O)c2ccccc2Br)CCCC1. The molecule has 0 aromatic heterocycles. The Kier molecular flexibility index (Phi) is 3.28. The molecule has 1 saturated carbocycles. The van der Waals surface area contributed by atoms with Crippen molar-refractivity contribution in [2.45, 2.75) is 35.3 Å². The lowest BCUT2D eigenvalue weighted by atomic mass is 10.1. The van der Waals surface area contributed by atoms with E-state index in [1.165, 1.54) is 0 Å². The molecule has 0 saturated heterocycles. The van der Waals surface area contributed by atoms with Gasteiger partial charge in [-0.25, -0.2) is 8.42 Å². The average Bonchev–Trinajstić information content (AvgIpc) is 2.79. The van der Waals surface area contributed by atoms with E-state index in [1.807, 2.05) is 6.07 Å². The third-order valence-corrected chi connectivity index (χ3v) is 6.67. The maximum atomic E-state index is 12.6. The van der Waals surface area contributed by atoms with E-state index in [1.54, 1.807) is 24.3 Å². The molecule has 5 heteroatoms. The molecule has 0 unspecified atom stereocenters. The molecule has 17 heavy (non-hydrogen) atoms. The van der Waals surface area contributed by atoms with Crippen molar-refractivity contribution in [2.24, 2.45) is 0 Å². The second-order valence-corrected chi connectivity index (χ2v) is 7.33. The Hall–Kier alpha value is -0.860. The Morgan fingerprint density at radius 1 is 1.24 bits per heavy atom. The summed E-state index contributed by atoms with van der Waals surface area (Å²) in [5.74, 6) is 0. The van der Waals surface area contributed by atoms with Crippen LogP contribution >= 0.6 is 15.9 Å². The fourth-order valence-electron chi connectivity index (χ4n) is 2.26. The highest BCUT2D eigenvalue weighted by atomic mass is 79.9. The topological polar surface area (TPSA) is 57.9 Å². The van der Waals surface area contributed by atoms with E-state index < -0.39 is 14.6 Å². The molecule has 0 N–H and O–H groups in total. The van der Waals surface area contributed by atoms with Gasteiger partial charge in [-0.05, 0) is 40.9 Å². The van der Waals surface area contributed by atoms with E-state index in [0.717, 1.165) is 12.8 Å². The van der Waals surface area contributed by atoms with E-state index in [9.17, 15) is 13.7 Å². The molecule has 0 aliphatic heterocycles. The summed E-state index contributed by atoms with van der Waals surface area (Å²) in [6.07, 6.45) is 2.48. The van der Waals surface area contributed by atoms with Crippen molar-refractivity contribution in [2.75, 3.05) is 0 Å². The maximum Gasteiger partial charge on any atom is 0.198 e. The van der Waals surface area contributed by atoms with Gasteiger partial charge in [0.25, 0.3) is 0 Å². The van der Waals surface area contributed by atoms with Crippen LogP contribution < -0.4 is 0 Å². The number of hydrogen-bond donors (Lipinski definition) is 0. The molecule has 0 spiro atoms. The summed E-state index contributed by atoms with van der Waals surface area (Å²) >= 11 is 3.24. The van der Waals surface area contributed by atoms with Gasteiger partial charge in [0.15, 0.2) is 14.6 Å². The van der Waals surface area contributed by atoms with Crippen LogP contribution in [0.25, 0.3) is 0 Å². The average molecular weight is 314 g/mol. The van der Waals surface area contributed by atoms with Gasteiger partial charge in [-0.15, -0.1) is 0 Å². The number of benzene rings is 1. The quantitative estimate of drug-likeness (QED) is 0.843. The van der Waals surface area contributed by atoms with Crippen LogP contribution in [0.5, 0.6) is 0 Å². The molecular weight excluding hydrogens is 302 g/mol. The largest absolute Gasteiger partial charge is 0.222 e. The lowest BCUT2D eigenvalue weighted by molar-refractivity contribution is 0.557. The standard InChI is InChI=1S/C12H12BrNO2S/c13-10-5-1-2-6-11(10)17(15,16)12(9-14)7-3-4-8-12/h1-2,5-6H,3-4,7-8H2. The zero-order valence-electron chi connectivity index (χ0n) is 9.19. The highest BCUT2D eigenvalue weighted by molar-refractivity contribution is 9.10. The molecule has 0 amide bonds. The van der Waals surface area contributed by atoms with Crippen molar-refractivity contribution < 1.29 is 8.42 Å². The third kappa shape index (κ3) is 1.90. The van der Waals surface area contributed by atoms with Crippen LogP contribution in [0.3, 0.4) is 0 Å². The van der Waals surface area contributed by atoms with E-state index in [0.29, 0.717) is 17.3 Å². The van der Waals surface area contributed by atoms with E-state index in [4.69, 9.17) is 0 Å². The van der Waals surface area contributed by atoms with E-state index in [-0.39, 0.29) is 4.90 Å². The zero-order valence-corrected chi connectivity index (χ0v) is 11.6. The first kappa shape index (κ1) is 12.6. The van der Waals surface area contributed by atoms with E-state index >= 15 is 0 Å². The molecule has 3 nitrogen and oxygen atoms in total. The number of hydrogen-bond acceptors (Lipinski definition) is 3. The molecule has 90 valence electrons. The van der Waals surface area contributed by atoms with Crippen LogP contribution in [-0.2, 0) is 9.84 Å². The number of nitriles is 1. The third-order valence-electron chi connectivity index (χ3n) is 3.26. The Balaban J connectivity index is 2.58. The smallest absolute Gasteiger partial charge is 0.198 e. The Morgan fingerprint density at radius 2 is 1.82 bits per heavy atom. The molecule has 1 aromatic rings. The summed E-state index contributed by atoms with van der Waals surface area (Å²) in [6, 6.07) is 8.71. The van der Waals surface area contributed by atoms with Crippen LogP contribution in [-0.4, -0.2) is 13.2 Å². The Labute approximate surface area is 110 Å². The van der Waals surface area contributed by atoms with Crippen LogP contribution in [0, 0.1) is 11.3 Å². The fourth-order valence-corrected chi connectivity index (χ4v) is 5.13. The first-order valence-corrected chi connectivity index (χ1v) is 7.71. The summed E-state index contributed by atoms with van der Waals surface area (Å²) < 4.78 is 24.4. The van der Waals surface area contributed by atoms with Crippen molar-refractivity contribution in [3.8, 4) is 6.07 Å². The van der Waals surface area contributed by atoms with Crippen LogP contribution in [0.1, 0.15) is 25.7 Å². The van der Waals surface area contributed by atoms with Gasteiger partial charge >= 0.3 is 0 Å². The summed E-state index contributed by atoms with van der Waals surface area (Å²) in [5.41, 5.74) is 0. The molecule has 1 fully saturated rings. The maximum absolute atomic E-state index is 12.6. The molecule has 0 heterocycles. The summed E-state index contributed by atoms with van der Waals surface area (Å²) in [6.45, 7) is 0. The van der Waals surface area contributed by atoms with Gasteiger partial charge in [-0.3, -0.25) is 0 Å². The van der Waals surface area contributed by atoms with Gasteiger partial charge in [-0.1, -0.05) is 25.0 Å². The minimum Gasteiger partial charge on any atom is -0.222 e. The van der Waals surface area contributed by atoms with Crippen molar-refractivity contribution in [3.05, 3.63) is 28.7 Å². The van der Waals surface area contributed by atoms with E-state index in [2.05, 4.69) is 15.9 Å². The van der Waals surface area contributed by atoms with Gasteiger partial charge in [0.1, 0.15) is 0 Å². The molecule has 1 aromatic carbocycles. The summed E-state index contributed by atoms with van der Waals surface area (Å²) in [7, 11) is -3.59. The second-order valence-electron chi connectivity index (χ2n) is 4.25. The predicted molar refractivity (Wildman–Crippen MR) is 68.1 cm³/mol. The molecule has 0 radical (unpaired) electrons. The van der Waals surface area contributed by atoms with Gasteiger partial charge in [0.05, 0.1) is 11.0 Å². The first-order valence-electron chi connectivity index (χ1n) is 5.44. The van der Waals surface area contributed by atoms with Crippen molar-refractivity contribution in [3.63, 3.8) is 0 Å². The molecule has 2 rings (SSSR count). The minimum absolute atomic E-state index is 0.225. The Morgan fingerprint density at radius 3 is 2.35 bits per heavy atom. The Bertz CT molecular complexity index is 568. The van der Waals surface area contributed by atoms with Gasteiger partial charge in [0.2, 0.25) is 0 Å². The lowest BCUT2D eigenvalue weighted by Gasteiger charge is -2.21. The number of rotatable bonds is 2. The highest BCUT2D eigenvalue weighted by Gasteiger charge is 2.47. The lowest BCUT2D eigenvalue weighted by Crippen LogP contribution is -2.34. The fraction of sp³-hybridized carbons (Fsp3) is 0.417. The molecular formula is C12H12BrNO2S. The van der Waals surface area contributed by atoms with Gasteiger partial charge < -0.3 is 0 Å². The monoisotopic (exact) mass is 313 g/mol. The molecule has 0 bridgehead atoms. The molecule has 1 aliphatic rings. The van der Waals surface area contributed by atoms with Crippen LogP contribution in [0.15, 0.2) is 33.6 Å². The summed E-state index contributed by atoms with van der Waals surface area (Å²) in [4.78, 5) is 0.225. The highest BCUT2D eigenvalue weighted by Crippen LogP contribution is 2.41. The van der Waals surface area contributed by atoms with Crippen molar-refractivity contribution in [1.82, 2.24) is 0 Å². The molecule has 0 atom stereocenters. The van der Waals surface area contributed by atoms with Crippen LogP contribution in [0.4, 0.5) is 0 Å². The summed E-state index contributed by atoms with van der Waals surface area (Å²) in [5, 5.41) is 9.26. The second kappa shape index (κ2) is 4.43. The van der Waals surface area contributed by atoms with Crippen LogP contribution in [0.2, 0.25) is 0 Å². The van der Waals surface area contributed by atoms with Gasteiger partial charge in [0, 0.05) is 4.47 Å². The number of sulfone groups is 1. The zero-order chi connectivity index (χ0) is 12.5.